The Kier molecular flexibility index (Phi) is 2.88. The van der Waals surface area contributed by atoms with Crippen LogP contribution in [0.4, 0.5) is 0 Å². The summed E-state index contributed by atoms with van der Waals surface area (Å²) in [4.78, 5) is 5.07. The third-order valence-electron chi connectivity index (χ3n) is 1.89. The Hall–Kier alpha value is -0.570. The van der Waals surface area contributed by atoms with Crippen LogP contribution in [0, 0.1) is 0 Å². The molecule has 11 heavy (non-hydrogen) atoms. The molecule has 0 amide bonds. The summed E-state index contributed by atoms with van der Waals surface area (Å²) in [5.74, 6) is 0. The molecule has 2 atom stereocenters. The quantitative estimate of drug-likeness (QED) is 0.671. The molecule has 0 fully saturated rings. The fourth-order valence-electron chi connectivity index (χ4n) is 1.17. The molecule has 0 aromatic heterocycles. The number of aliphatic hydroxyl groups excluding tert-OH is 1. The SMILES string of the molecule is CC[C@@H](O)C[C@H]1CC(C)=NO1. The fourth-order valence-corrected chi connectivity index (χ4v) is 1.17. The number of hydrogen-bond acceptors (Lipinski definition) is 3. The maximum Gasteiger partial charge on any atom is 0.135 e. The molecule has 0 aromatic carbocycles. The highest BCUT2D eigenvalue weighted by Crippen LogP contribution is 2.16. The third kappa shape index (κ3) is 2.50. The van der Waals surface area contributed by atoms with E-state index in [-0.39, 0.29) is 12.2 Å². The first-order valence-electron chi connectivity index (χ1n) is 4.09. The first kappa shape index (κ1) is 8.53. The molecule has 1 heterocycles. The minimum absolute atomic E-state index is 0.116. The van der Waals surface area contributed by atoms with E-state index in [1.165, 1.54) is 0 Å². The Morgan fingerprint density at radius 3 is 3.00 bits per heavy atom. The van der Waals surface area contributed by atoms with E-state index in [4.69, 9.17) is 4.84 Å². The van der Waals surface area contributed by atoms with Crippen molar-refractivity contribution in [1.82, 2.24) is 0 Å². The van der Waals surface area contributed by atoms with Gasteiger partial charge in [0.2, 0.25) is 0 Å². The molecule has 1 aliphatic heterocycles. The van der Waals surface area contributed by atoms with Crippen molar-refractivity contribution in [2.24, 2.45) is 5.16 Å². The van der Waals surface area contributed by atoms with E-state index in [1.807, 2.05) is 13.8 Å². The van der Waals surface area contributed by atoms with Crippen LogP contribution in [-0.4, -0.2) is 23.0 Å². The Morgan fingerprint density at radius 1 is 1.82 bits per heavy atom. The number of rotatable bonds is 3. The van der Waals surface area contributed by atoms with Crippen molar-refractivity contribution < 1.29 is 9.94 Å². The molecule has 0 unspecified atom stereocenters. The van der Waals surface area contributed by atoms with Crippen molar-refractivity contribution in [3.8, 4) is 0 Å². The van der Waals surface area contributed by atoms with Gasteiger partial charge >= 0.3 is 0 Å². The van der Waals surface area contributed by atoms with Crippen molar-refractivity contribution in [1.29, 1.82) is 0 Å². The third-order valence-corrected chi connectivity index (χ3v) is 1.89. The zero-order chi connectivity index (χ0) is 8.27. The molecule has 1 N–H and O–H groups in total. The second-order valence-electron chi connectivity index (χ2n) is 3.06. The predicted molar refractivity (Wildman–Crippen MR) is 43.5 cm³/mol. The van der Waals surface area contributed by atoms with Crippen LogP contribution >= 0.6 is 0 Å². The normalized spacial score (nSPS) is 26.1. The Morgan fingerprint density at radius 2 is 2.55 bits per heavy atom. The van der Waals surface area contributed by atoms with E-state index in [1.54, 1.807) is 0 Å². The van der Waals surface area contributed by atoms with Gasteiger partial charge in [-0.25, -0.2) is 0 Å². The van der Waals surface area contributed by atoms with E-state index >= 15 is 0 Å². The summed E-state index contributed by atoms with van der Waals surface area (Å²) >= 11 is 0. The molecule has 0 bridgehead atoms. The highest BCUT2D eigenvalue weighted by molar-refractivity contribution is 5.82. The van der Waals surface area contributed by atoms with Crippen LogP contribution in [0.25, 0.3) is 0 Å². The van der Waals surface area contributed by atoms with Gasteiger partial charge in [0, 0.05) is 12.8 Å². The van der Waals surface area contributed by atoms with E-state index in [0.29, 0.717) is 6.42 Å². The summed E-state index contributed by atoms with van der Waals surface area (Å²) < 4.78 is 0. The molecule has 0 aromatic rings. The summed E-state index contributed by atoms with van der Waals surface area (Å²) in [7, 11) is 0. The smallest absolute Gasteiger partial charge is 0.135 e. The summed E-state index contributed by atoms with van der Waals surface area (Å²) in [6.07, 6.45) is 2.25. The van der Waals surface area contributed by atoms with E-state index in [2.05, 4.69) is 5.16 Å². The fraction of sp³-hybridized carbons (Fsp3) is 0.875. The number of oxime groups is 1. The van der Waals surface area contributed by atoms with E-state index in [9.17, 15) is 5.11 Å². The summed E-state index contributed by atoms with van der Waals surface area (Å²) in [6, 6.07) is 0. The molecule has 1 rings (SSSR count). The predicted octanol–water partition coefficient (Wildman–Crippen LogP) is 1.31. The first-order valence-corrected chi connectivity index (χ1v) is 4.09. The van der Waals surface area contributed by atoms with E-state index < -0.39 is 0 Å². The highest BCUT2D eigenvalue weighted by atomic mass is 16.6. The maximum atomic E-state index is 9.27. The van der Waals surface area contributed by atoms with Gasteiger partial charge in [0.25, 0.3) is 0 Å². The molecule has 3 nitrogen and oxygen atoms in total. The van der Waals surface area contributed by atoms with Crippen LogP contribution in [-0.2, 0) is 4.84 Å². The van der Waals surface area contributed by atoms with Gasteiger partial charge in [-0.05, 0) is 13.3 Å². The number of aliphatic hydroxyl groups is 1. The van der Waals surface area contributed by atoms with Crippen LogP contribution in [0.3, 0.4) is 0 Å². The lowest BCUT2D eigenvalue weighted by atomic mass is 10.1. The molecule has 1 aliphatic rings. The molecule has 64 valence electrons. The minimum Gasteiger partial charge on any atom is -0.393 e. The largest absolute Gasteiger partial charge is 0.393 e. The topological polar surface area (TPSA) is 41.8 Å². The molecular weight excluding hydrogens is 142 g/mol. The van der Waals surface area contributed by atoms with Crippen LogP contribution in [0.2, 0.25) is 0 Å². The second kappa shape index (κ2) is 3.72. The van der Waals surface area contributed by atoms with Crippen molar-refractivity contribution in [3.05, 3.63) is 0 Å². The molecule has 0 spiro atoms. The van der Waals surface area contributed by atoms with Crippen LogP contribution in [0.15, 0.2) is 5.16 Å². The maximum absolute atomic E-state index is 9.27. The van der Waals surface area contributed by atoms with Crippen LogP contribution in [0.1, 0.15) is 33.1 Å². The Balaban J connectivity index is 2.20. The van der Waals surface area contributed by atoms with Gasteiger partial charge in [0.05, 0.1) is 11.8 Å². The van der Waals surface area contributed by atoms with Gasteiger partial charge in [-0.15, -0.1) is 0 Å². The van der Waals surface area contributed by atoms with Crippen molar-refractivity contribution in [3.63, 3.8) is 0 Å². The van der Waals surface area contributed by atoms with Crippen molar-refractivity contribution in [2.75, 3.05) is 0 Å². The van der Waals surface area contributed by atoms with Gasteiger partial charge in [-0.3, -0.25) is 0 Å². The van der Waals surface area contributed by atoms with Gasteiger partial charge in [-0.1, -0.05) is 12.1 Å². The van der Waals surface area contributed by atoms with Crippen molar-refractivity contribution >= 4 is 5.71 Å². The van der Waals surface area contributed by atoms with Gasteiger partial charge < -0.3 is 9.94 Å². The molecule has 0 radical (unpaired) electrons. The Labute approximate surface area is 67.0 Å². The minimum atomic E-state index is -0.235. The summed E-state index contributed by atoms with van der Waals surface area (Å²) in [6.45, 7) is 3.91. The number of hydrogen-bond donors (Lipinski definition) is 1. The zero-order valence-corrected chi connectivity index (χ0v) is 7.08. The summed E-state index contributed by atoms with van der Waals surface area (Å²) in [5, 5.41) is 13.1. The molecule has 0 aliphatic carbocycles. The molecule has 0 saturated carbocycles. The lowest BCUT2D eigenvalue weighted by Crippen LogP contribution is -2.16. The van der Waals surface area contributed by atoms with Crippen molar-refractivity contribution in [2.45, 2.75) is 45.3 Å². The average Bonchev–Trinajstić information content (AvgIpc) is 2.35. The summed E-state index contributed by atoms with van der Waals surface area (Å²) in [5.41, 5.74) is 1.03. The van der Waals surface area contributed by atoms with Crippen LogP contribution < -0.4 is 0 Å². The second-order valence-corrected chi connectivity index (χ2v) is 3.06. The highest BCUT2D eigenvalue weighted by Gasteiger charge is 2.20. The Bertz CT molecular complexity index is 156. The molecular formula is C8H15NO2. The lowest BCUT2D eigenvalue weighted by molar-refractivity contribution is 0.0357. The van der Waals surface area contributed by atoms with Gasteiger partial charge in [0.15, 0.2) is 0 Å². The lowest BCUT2D eigenvalue weighted by Gasteiger charge is -2.11. The standard InChI is InChI=1S/C8H15NO2/c1-3-7(10)5-8-4-6(2)9-11-8/h7-8,10H,3-5H2,1-2H3/t7-,8-/m1/s1. The molecule has 0 saturated heterocycles. The molecule has 3 heteroatoms. The first-order chi connectivity index (χ1) is 5.22. The zero-order valence-electron chi connectivity index (χ0n) is 7.08. The van der Waals surface area contributed by atoms with Crippen LogP contribution in [0.5, 0.6) is 0 Å². The monoisotopic (exact) mass is 157 g/mol. The average molecular weight is 157 g/mol. The van der Waals surface area contributed by atoms with Gasteiger partial charge in [-0.2, -0.15) is 0 Å². The van der Waals surface area contributed by atoms with E-state index in [0.717, 1.165) is 18.6 Å². The number of nitrogens with zero attached hydrogens (tertiary/aromatic N) is 1. The van der Waals surface area contributed by atoms with Gasteiger partial charge in [0.1, 0.15) is 6.10 Å².